The first kappa shape index (κ1) is 14.4. The molecule has 0 aliphatic heterocycles. The van der Waals surface area contributed by atoms with E-state index in [0.717, 1.165) is 25.0 Å². The molecule has 0 radical (unpaired) electrons. The number of carbonyl (C=O) groups is 1. The third-order valence-corrected chi connectivity index (χ3v) is 4.59. The van der Waals surface area contributed by atoms with Crippen LogP contribution < -0.4 is 5.32 Å². The summed E-state index contributed by atoms with van der Waals surface area (Å²) in [5.74, 6) is 1.70. The van der Waals surface area contributed by atoms with E-state index in [1.807, 2.05) is 18.2 Å². The monoisotopic (exact) mass is 279 g/mol. The van der Waals surface area contributed by atoms with E-state index in [1.165, 1.54) is 5.56 Å². The van der Waals surface area contributed by atoms with E-state index in [9.17, 15) is 9.90 Å². The Hall–Kier alpha value is -1.00. The first-order chi connectivity index (χ1) is 9.29. The van der Waals surface area contributed by atoms with E-state index < -0.39 is 0 Å². The van der Waals surface area contributed by atoms with Gasteiger partial charge in [0, 0.05) is 24.3 Å². The average Bonchev–Trinajstić information content (AvgIpc) is 2.87. The summed E-state index contributed by atoms with van der Waals surface area (Å²) in [6.07, 6.45) is 3.13. The number of aliphatic hydroxyl groups excluding tert-OH is 1. The fraction of sp³-hybridized carbons (Fsp3) is 0.533. The lowest BCUT2D eigenvalue weighted by Crippen LogP contribution is -2.39. The molecule has 0 aromatic heterocycles. The topological polar surface area (TPSA) is 49.3 Å². The number of benzene rings is 1. The predicted molar refractivity (Wildman–Crippen MR) is 79.0 cm³/mol. The van der Waals surface area contributed by atoms with Crippen LogP contribution in [0.1, 0.15) is 24.8 Å². The Morgan fingerprint density at radius 2 is 2.11 bits per heavy atom. The minimum Gasteiger partial charge on any atom is -0.396 e. The van der Waals surface area contributed by atoms with Crippen molar-refractivity contribution in [2.75, 3.05) is 12.4 Å². The molecule has 0 bridgehead atoms. The number of aliphatic hydroxyl groups is 1. The van der Waals surface area contributed by atoms with Crippen molar-refractivity contribution < 1.29 is 9.90 Å². The number of carbonyl (C=O) groups excluding carboxylic acids is 1. The van der Waals surface area contributed by atoms with Gasteiger partial charge in [-0.2, -0.15) is 0 Å². The van der Waals surface area contributed by atoms with E-state index >= 15 is 0 Å². The summed E-state index contributed by atoms with van der Waals surface area (Å²) in [4.78, 5) is 11.8. The van der Waals surface area contributed by atoms with Crippen LogP contribution in [0.25, 0.3) is 0 Å². The van der Waals surface area contributed by atoms with Gasteiger partial charge in [-0.05, 0) is 18.4 Å². The first-order valence-electron chi connectivity index (χ1n) is 6.81. The van der Waals surface area contributed by atoms with Gasteiger partial charge in [0.1, 0.15) is 0 Å². The molecule has 2 rings (SSSR count). The zero-order chi connectivity index (χ0) is 13.5. The number of hydrogen-bond donors (Lipinski definition) is 2. The van der Waals surface area contributed by atoms with Crippen LogP contribution in [0, 0.1) is 5.92 Å². The molecule has 1 saturated carbocycles. The maximum absolute atomic E-state index is 11.8. The smallest absolute Gasteiger partial charge is 0.230 e. The number of hydrogen-bond acceptors (Lipinski definition) is 3. The lowest BCUT2D eigenvalue weighted by Gasteiger charge is -2.18. The normalized spacial score (nSPS) is 22.4. The predicted octanol–water partition coefficient (Wildman–Crippen LogP) is 2.20. The largest absolute Gasteiger partial charge is 0.396 e. The number of nitrogens with one attached hydrogen (secondary N) is 1. The maximum atomic E-state index is 11.8. The molecule has 1 amide bonds. The lowest BCUT2D eigenvalue weighted by molar-refractivity contribution is -0.119. The Labute approximate surface area is 118 Å². The minimum absolute atomic E-state index is 0.0891. The molecule has 4 heteroatoms. The summed E-state index contributed by atoms with van der Waals surface area (Å²) in [5.41, 5.74) is 1.24. The third kappa shape index (κ3) is 4.55. The lowest BCUT2D eigenvalue weighted by atomic mass is 10.1. The van der Waals surface area contributed by atoms with Gasteiger partial charge in [-0.3, -0.25) is 4.79 Å². The van der Waals surface area contributed by atoms with E-state index in [0.29, 0.717) is 5.75 Å². The molecule has 3 nitrogen and oxygen atoms in total. The van der Waals surface area contributed by atoms with Crippen molar-refractivity contribution in [3.8, 4) is 0 Å². The van der Waals surface area contributed by atoms with Gasteiger partial charge in [0.25, 0.3) is 0 Å². The summed E-state index contributed by atoms with van der Waals surface area (Å²) in [7, 11) is 0. The Kier molecular flexibility index (Phi) is 5.73. The van der Waals surface area contributed by atoms with Gasteiger partial charge >= 0.3 is 0 Å². The number of thioether (sulfide) groups is 1. The highest BCUT2D eigenvalue weighted by Crippen LogP contribution is 2.25. The van der Waals surface area contributed by atoms with Crippen molar-refractivity contribution in [2.45, 2.75) is 31.1 Å². The van der Waals surface area contributed by atoms with Gasteiger partial charge in [0.2, 0.25) is 5.91 Å². The molecule has 2 unspecified atom stereocenters. The van der Waals surface area contributed by atoms with Gasteiger partial charge in [-0.25, -0.2) is 0 Å². The van der Waals surface area contributed by atoms with Gasteiger partial charge in [-0.1, -0.05) is 36.8 Å². The molecule has 1 aliphatic carbocycles. The van der Waals surface area contributed by atoms with Crippen molar-refractivity contribution in [1.82, 2.24) is 5.32 Å². The summed E-state index contributed by atoms with van der Waals surface area (Å²) in [6, 6.07) is 10.3. The highest BCUT2D eigenvalue weighted by atomic mass is 32.2. The zero-order valence-corrected chi connectivity index (χ0v) is 11.9. The fourth-order valence-corrected chi connectivity index (χ4v) is 3.33. The first-order valence-corrected chi connectivity index (χ1v) is 7.97. The molecule has 104 valence electrons. The SMILES string of the molecule is O=C(CSCc1ccccc1)NC1CCCC1CO. The Morgan fingerprint density at radius 3 is 2.84 bits per heavy atom. The van der Waals surface area contributed by atoms with Crippen molar-refractivity contribution in [1.29, 1.82) is 0 Å². The molecular weight excluding hydrogens is 258 g/mol. The van der Waals surface area contributed by atoms with Crippen LogP contribution in [0.2, 0.25) is 0 Å². The third-order valence-electron chi connectivity index (χ3n) is 3.58. The molecule has 1 aliphatic rings. The average molecular weight is 279 g/mol. The van der Waals surface area contributed by atoms with Crippen molar-refractivity contribution in [3.05, 3.63) is 35.9 Å². The summed E-state index contributed by atoms with van der Waals surface area (Å²) in [6.45, 7) is 0.183. The van der Waals surface area contributed by atoms with Crippen molar-refractivity contribution in [2.24, 2.45) is 5.92 Å². The molecule has 0 spiro atoms. The van der Waals surface area contributed by atoms with Crippen LogP contribution in [0.15, 0.2) is 30.3 Å². The zero-order valence-electron chi connectivity index (χ0n) is 11.0. The van der Waals surface area contributed by atoms with Crippen LogP contribution >= 0.6 is 11.8 Å². The molecule has 2 atom stereocenters. The summed E-state index contributed by atoms with van der Waals surface area (Å²) in [5, 5.41) is 12.3. The van der Waals surface area contributed by atoms with Crippen LogP contribution in [-0.4, -0.2) is 29.4 Å². The van der Waals surface area contributed by atoms with Gasteiger partial charge in [0.15, 0.2) is 0 Å². The molecule has 1 aromatic carbocycles. The van der Waals surface area contributed by atoms with Crippen LogP contribution in [0.3, 0.4) is 0 Å². The van der Waals surface area contributed by atoms with E-state index in [1.54, 1.807) is 11.8 Å². The van der Waals surface area contributed by atoms with Crippen molar-refractivity contribution in [3.63, 3.8) is 0 Å². The minimum atomic E-state index is 0.0891. The second kappa shape index (κ2) is 7.56. The summed E-state index contributed by atoms with van der Waals surface area (Å²) < 4.78 is 0. The molecule has 0 saturated heterocycles. The van der Waals surface area contributed by atoms with Crippen LogP contribution in [-0.2, 0) is 10.5 Å². The molecule has 1 aromatic rings. The van der Waals surface area contributed by atoms with E-state index in [-0.39, 0.29) is 24.5 Å². The summed E-state index contributed by atoms with van der Waals surface area (Å²) >= 11 is 1.63. The number of amides is 1. The Bertz CT molecular complexity index is 396. The van der Waals surface area contributed by atoms with Gasteiger partial charge in [0.05, 0.1) is 5.75 Å². The Morgan fingerprint density at radius 1 is 1.32 bits per heavy atom. The van der Waals surface area contributed by atoms with Crippen molar-refractivity contribution >= 4 is 17.7 Å². The standard InChI is InChI=1S/C15H21NO2S/c17-9-13-7-4-8-14(13)16-15(18)11-19-10-12-5-2-1-3-6-12/h1-3,5-6,13-14,17H,4,7-11H2,(H,16,18). The second-order valence-corrected chi connectivity index (χ2v) is 6.01. The van der Waals surface area contributed by atoms with Crippen LogP contribution in [0.5, 0.6) is 0 Å². The maximum Gasteiger partial charge on any atom is 0.230 e. The van der Waals surface area contributed by atoms with E-state index in [4.69, 9.17) is 0 Å². The molecule has 19 heavy (non-hydrogen) atoms. The second-order valence-electron chi connectivity index (χ2n) is 5.03. The quantitative estimate of drug-likeness (QED) is 0.839. The van der Waals surface area contributed by atoms with Crippen LogP contribution in [0.4, 0.5) is 0 Å². The Balaban J connectivity index is 1.67. The van der Waals surface area contributed by atoms with E-state index in [2.05, 4.69) is 17.4 Å². The van der Waals surface area contributed by atoms with Gasteiger partial charge < -0.3 is 10.4 Å². The van der Waals surface area contributed by atoms with Gasteiger partial charge in [-0.15, -0.1) is 11.8 Å². The molecule has 0 heterocycles. The highest BCUT2D eigenvalue weighted by molar-refractivity contribution is 7.99. The molecule has 1 fully saturated rings. The number of rotatable bonds is 6. The fourth-order valence-electron chi connectivity index (χ4n) is 2.53. The highest BCUT2D eigenvalue weighted by Gasteiger charge is 2.27. The molecular formula is C15H21NO2S. The molecule has 2 N–H and O–H groups in total.